The van der Waals surface area contributed by atoms with Crippen LogP contribution in [-0.2, 0) is 22.6 Å². The van der Waals surface area contributed by atoms with Gasteiger partial charge >= 0.3 is 0 Å². The van der Waals surface area contributed by atoms with Crippen LogP contribution in [0.5, 0.6) is 5.75 Å². The number of hydrogen-bond acceptors (Lipinski definition) is 4. The van der Waals surface area contributed by atoms with E-state index in [4.69, 9.17) is 4.74 Å². The molecule has 0 saturated carbocycles. The number of benzene rings is 2. The molecule has 142 valence electrons. The second kappa shape index (κ2) is 7.86. The Morgan fingerprint density at radius 2 is 2.00 bits per heavy atom. The molecule has 5 nitrogen and oxygen atoms in total. The van der Waals surface area contributed by atoms with Crippen molar-refractivity contribution in [3.8, 4) is 5.75 Å². The molecule has 1 aliphatic heterocycles. The smallest absolute Gasteiger partial charge is 0.265 e. The highest BCUT2D eigenvalue weighted by Crippen LogP contribution is 2.35. The third kappa shape index (κ3) is 4.07. The zero-order chi connectivity index (χ0) is 19.5. The van der Waals surface area contributed by atoms with Crippen molar-refractivity contribution in [2.75, 3.05) is 16.8 Å². The molecule has 2 amide bonds. The quantitative estimate of drug-likeness (QED) is 0.709. The van der Waals surface area contributed by atoms with Crippen LogP contribution in [0.2, 0.25) is 0 Å². The van der Waals surface area contributed by atoms with E-state index in [1.54, 1.807) is 34.4 Å². The lowest BCUT2D eigenvalue weighted by molar-refractivity contribution is -0.121. The number of ether oxygens (including phenoxy) is 1. The number of carbonyl (C=O) groups excluding carboxylic acids is 2. The molecule has 0 unspecified atom stereocenters. The zero-order valence-corrected chi connectivity index (χ0v) is 16.3. The Labute approximate surface area is 167 Å². The van der Waals surface area contributed by atoms with E-state index in [9.17, 15) is 9.59 Å². The van der Waals surface area contributed by atoms with Crippen molar-refractivity contribution in [3.63, 3.8) is 0 Å². The monoisotopic (exact) mass is 392 g/mol. The van der Waals surface area contributed by atoms with Crippen LogP contribution in [0.3, 0.4) is 0 Å². The second-order valence-electron chi connectivity index (χ2n) is 6.74. The average molecular weight is 392 g/mol. The van der Waals surface area contributed by atoms with Crippen molar-refractivity contribution in [1.29, 1.82) is 0 Å². The molecule has 1 aliphatic rings. The number of thiophene rings is 1. The Hall–Kier alpha value is -3.12. The molecule has 2 aromatic carbocycles. The van der Waals surface area contributed by atoms with Gasteiger partial charge in [-0.3, -0.25) is 9.59 Å². The van der Waals surface area contributed by atoms with Gasteiger partial charge in [0.15, 0.2) is 6.61 Å². The van der Waals surface area contributed by atoms with E-state index in [-0.39, 0.29) is 18.4 Å². The number of carbonyl (C=O) groups is 2. The Balaban J connectivity index is 1.55. The summed E-state index contributed by atoms with van der Waals surface area (Å²) in [5.74, 6) is 0.452. The molecule has 0 spiro atoms. The summed E-state index contributed by atoms with van der Waals surface area (Å²) < 4.78 is 5.57. The van der Waals surface area contributed by atoms with Gasteiger partial charge < -0.3 is 15.0 Å². The molecule has 1 N–H and O–H groups in total. The average Bonchev–Trinajstić information content (AvgIpc) is 3.18. The third-order valence-electron chi connectivity index (χ3n) is 4.56. The predicted octanol–water partition coefficient (Wildman–Crippen LogP) is 4.16. The van der Waals surface area contributed by atoms with Gasteiger partial charge in [0.25, 0.3) is 5.91 Å². The first-order chi connectivity index (χ1) is 13.6. The van der Waals surface area contributed by atoms with Gasteiger partial charge in [-0.2, -0.15) is 0 Å². The first kappa shape index (κ1) is 18.3. The number of amides is 2. The number of nitrogens with zero attached hydrogens (tertiary/aromatic N) is 1. The maximum atomic E-state index is 12.5. The van der Waals surface area contributed by atoms with Crippen molar-refractivity contribution >= 4 is 34.5 Å². The summed E-state index contributed by atoms with van der Waals surface area (Å²) in [6.07, 6.45) is 0.331. The number of nitrogens with one attached hydrogen (secondary N) is 1. The van der Waals surface area contributed by atoms with Crippen molar-refractivity contribution in [2.45, 2.75) is 19.9 Å². The highest BCUT2D eigenvalue weighted by Gasteiger charge is 2.26. The van der Waals surface area contributed by atoms with Crippen LogP contribution in [0.4, 0.5) is 11.4 Å². The molecule has 28 heavy (non-hydrogen) atoms. The van der Waals surface area contributed by atoms with Crippen LogP contribution in [0.25, 0.3) is 0 Å². The van der Waals surface area contributed by atoms with Crippen LogP contribution in [-0.4, -0.2) is 18.4 Å². The van der Waals surface area contributed by atoms with Gasteiger partial charge in [-0.05, 0) is 42.1 Å². The Bertz CT molecular complexity index is 997. The molecular formula is C22H20N2O3S. The van der Waals surface area contributed by atoms with Crippen molar-refractivity contribution < 1.29 is 14.3 Å². The van der Waals surface area contributed by atoms with E-state index in [1.165, 1.54) is 5.56 Å². The molecule has 4 rings (SSSR count). The standard InChI is InChI=1S/C22H20N2O3S/c1-15-4-6-16(7-5-15)13-24-19-11-17(8-9-20(19)27-14-22(24)26)23-21(25)12-18-3-2-10-28-18/h2-11H,12-14H2,1H3,(H,23,25). The highest BCUT2D eigenvalue weighted by atomic mass is 32.1. The molecule has 3 aromatic rings. The SMILES string of the molecule is Cc1ccc(CN2C(=O)COc3ccc(NC(=O)Cc4cccs4)cc32)cc1. The van der Waals surface area contributed by atoms with Crippen LogP contribution in [0, 0.1) is 6.92 Å². The summed E-state index contributed by atoms with van der Waals surface area (Å²) in [5.41, 5.74) is 3.53. The molecular weight excluding hydrogens is 372 g/mol. The lowest BCUT2D eigenvalue weighted by Crippen LogP contribution is -2.38. The molecule has 1 aromatic heterocycles. The largest absolute Gasteiger partial charge is 0.482 e. The molecule has 0 bridgehead atoms. The third-order valence-corrected chi connectivity index (χ3v) is 5.44. The van der Waals surface area contributed by atoms with Gasteiger partial charge in [0.1, 0.15) is 5.75 Å². The predicted molar refractivity (Wildman–Crippen MR) is 111 cm³/mol. The lowest BCUT2D eigenvalue weighted by Gasteiger charge is -2.30. The Kier molecular flexibility index (Phi) is 5.12. The Morgan fingerprint density at radius 1 is 1.18 bits per heavy atom. The summed E-state index contributed by atoms with van der Waals surface area (Å²) in [7, 11) is 0. The number of aryl methyl sites for hydroxylation is 1. The van der Waals surface area contributed by atoms with E-state index in [0.29, 0.717) is 30.1 Å². The minimum Gasteiger partial charge on any atom is -0.482 e. The fraction of sp³-hybridized carbons (Fsp3) is 0.182. The molecule has 0 aliphatic carbocycles. The fourth-order valence-corrected chi connectivity index (χ4v) is 3.81. The van der Waals surface area contributed by atoms with Crippen molar-refractivity contribution in [3.05, 3.63) is 76.0 Å². The minimum absolute atomic E-state index is 0.0168. The van der Waals surface area contributed by atoms with E-state index in [0.717, 1.165) is 10.4 Å². The Morgan fingerprint density at radius 3 is 2.75 bits per heavy atom. The maximum absolute atomic E-state index is 12.5. The van der Waals surface area contributed by atoms with Crippen LogP contribution in [0.1, 0.15) is 16.0 Å². The topological polar surface area (TPSA) is 58.6 Å². The summed E-state index contributed by atoms with van der Waals surface area (Å²) in [4.78, 5) is 27.5. The van der Waals surface area contributed by atoms with Gasteiger partial charge in [-0.25, -0.2) is 0 Å². The van der Waals surface area contributed by atoms with Gasteiger partial charge in [-0.1, -0.05) is 35.9 Å². The summed E-state index contributed by atoms with van der Waals surface area (Å²) in [5, 5.41) is 4.86. The number of fused-ring (bicyclic) bond motifs is 1. The van der Waals surface area contributed by atoms with Gasteiger partial charge in [0.05, 0.1) is 18.7 Å². The molecule has 0 atom stereocenters. The molecule has 6 heteroatoms. The highest BCUT2D eigenvalue weighted by molar-refractivity contribution is 7.10. The molecule has 2 heterocycles. The fourth-order valence-electron chi connectivity index (χ4n) is 3.11. The van der Waals surface area contributed by atoms with Gasteiger partial charge in [0, 0.05) is 10.6 Å². The van der Waals surface area contributed by atoms with Crippen LogP contribution < -0.4 is 15.0 Å². The van der Waals surface area contributed by atoms with Gasteiger partial charge in [0.2, 0.25) is 5.91 Å². The first-order valence-electron chi connectivity index (χ1n) is 9.03. The van der Waals surface area contributed by atoms with Crippen LogP contribution >= 0.6 is 11.3 Å². The van der Waals surface area contributed by atoms with E-state index in [2.05, 4.69) is 5.32 Å². The summed E-state index contributed by atoms with van der Waals surface area (Å²) in [6, 6.07) is 17.4. The van der Waals surface area contributed by atoms with Crippen LogP contribution in [0.15, 0.2) is 60.0 Å². The van der Waals surface area contributed by atoms with E-state index in [1.807, 2.05) is 48.7 Å². The van der Waals surface area contributed by atoms with E-state index >= 15 is 0 Å². The molecule has 0 saturated heterocycles. The first-order valence-corrected chi connectivity index (χ1v) is 9.91. The van der Waals surface area contributed by atoms with Crippen molar-refractivity contribution in [1.82, 2.24) is 0 Å². The van der Waals surface area contributed by atoms with Gasteiger partial charge in [-0.15, -0.1) is 11.3 Å². The zero-order valence-electron chi connectivity index (χ0n) is 15.5. The number of hydrogen-bond donors (Lipinski definition) is 1. The lowest BCUT2D eigenvalue weighted by atomic mass is 10.1. The van der Waals surface area contributed by atoms with Crippen molar-refractivity contribution in [2.24, 2.45) is 0 Å². The second-order valence-corrected chi connectivity index (χ2v) is 7.77. The summed E-state index contributed by atoms with van der Waals surface area (Å²) >= 11 is 1.55. The normalized spacial score (nSPS) is 13.0. The summed E-state index contributed by atoms with van der Waals surface area (Å²) in [6.45, 7) is 2.51. The van der Waals surface area contributed by atoms with E-state index < -0.39 is 0 Å². The molecule has 0 fully saturated rings. The maximum Gasteiger partial charge on any atom is 0.265 e. The minimum atomic E-state index is -0.102. The number of rotatable bonds is 5. The number of anilines is 2. The molecule has 0 radical (unpaired) electrons.